The van der Waals surface area contributed by atoms with Crippen molar-refractivity contribution in [1.82, 2.24) is 4.98 Å². The number of pyridine rings is 1. The number of anilines is 1. The Labute approximate surface area is 121 Å². The number of nitrogens with zero attached hydrogens (tertiary/aromatic N) is 1. The summed E-state index contributed by atoms with van der Waals surface area (Å²) >= 11 is 0. The van der Waals surface area contributed by atoms with Crippen molar-refractivity contribution in [1.29, 1.82) is 0 Å². The van der Waals surface area contributed by atoms with Crippen molar-refractivity contribution in [2.45, 2.75) is 5.92 Å². The minimum absolute atomic E-state index is 0.349. The lowest BCUT2D eigenvalue weighted by molar-refractivity contribution is 0.0253. The molecule has 0 bridgehead atoms. The molecule has 3 N–H and O–H groups in total. The second-order valence-electron chi connectivity index (χ2n) is 4.50. The number of ether oxygens (including phenoxy) is 2. The van der Waals surface area contributed by atoms with Crippen LogP contribution in [-0.4, -0.2) is 38.2 Å². The molecule has 0 atom stereocenters. The highest BCUT2D eigenvalue weighted by atomic mass is 19.3. The molecule has 0 aliphatic heterocycles. The van der Waals surface area contributed by atoms with Crippen LogP contribution >= 0.6 is 0 Å². The number of rotatable bonds is 6. The molecule has 2 aromatic rings. The van der Waals surface area contributed by atoms with Crippen LogP contribution in [0.15, 0.2) is 24.4 Å². The zero-order chi connectivity index (χ0) is 15.5. The molecule has 5 nitrogen and oxygen atoms in total. The molecule has 114 valence electrons. The highest BCUT2D eigenvalue weighted by Crippen LogP contribution is 2.34. The van der Waals surface area contributed by atoms with Gasteiger partial charge in [0.15, 0.2) is 11.5 Å². The van der Waals surface area contributed by atoms with Crippen molar-refractivity contribution in [2.24, 2.45) is 5.73 Å². The van der Waals surface area contributed by atoms with Crippen LogP contribution in [0.1, 0.15) is 0 Å². The molecule has 7 heteroatoms. The first-order chi connectivity index (χ1) is 10.0. The van der Waals surface area contributed by atoms with Gasteiger partial charge in [0, 0.05) is 11.6 Å². The van der Waals surface area contributed by atoms with E-state index in [-0.39, 0.29) is 0 Å². The molecule has 1 aromatic heterocycles. The van der Waals surface area contributed by atoms with Gasteiger partial charge in [-0.05, 0) is 23.6 Å². The summed E-state index contributed by atoms with van der Waals surface area (Å²) < 4.78 is 36.9. The van der Waals surface area contributed by atoms with Crippen molar-refractivity contribution in [3.8, 4) is 11.5 Å². The predicted molar refractivity (Wildman–Crippen MR) is 77.3 cm³/mol. The van der Waals surface area contributed by atoms with E-state index in [1.165, 1.54) is 20.4 Å². The third kappa shape index (κ3) is 3.30. The van der Waals surface area contributed by atoms with E-state index in [2.05, 4.69) is 10.3 Å². The lowest BCUT2D eigenvalue weighted by Crippen LogP contribution is -2.35. The lowest BCUT2D eigenvalue weighted by atomic mass is 10.1. The summed E-state index contributed by atoms with van der Waals surface area (Å²) in [6.07, 6.45) is 1.54. The first kappa shape index (κ1) is 15.2. The Morgan fingerprint density at radius 2 is 1.90 bits per heavy atom. The zero-order valence-corrected chi connectivity index (χ0v) is 11.8. The number of nitrogens with one attached hydrogen (secondary N) is 1. The molecule has 0 radical (unpaired) electrons. The van der Waals surface area contributed by atoms with Gasteiger partial charge in [0.1, 0.15) is 5.82 Å². The van der Waals surface area contributed by atoms with Crippen LogP contribution in [0, 0.1) is 0 Å². The summed E-state index contributed by atoms with van der Waals surface area (Å²) in [5, 5.41) is 4.11. The van der Waals surface area contributed by atoms with Gasteiger partial charge >= 0.3 is 0 Å². The van der Waals surface area contributed by atoms with E-state index in [0.717, 1.165) is 5.39 Å². The molecule has 21 heavy (non-hydrogen) atoms. The normalized spacial score (nSPS) is 11.5. The fourth-order valence-electron chi connectivity index (χ4n) is 1.93. The van der Waals surface area contributed by atoms with Gasteiger partial charge in [0.05, 0.1) is 27.3 Å². The molecule has 0 fully saturated rings. The average Bonchev–Trinajstić information content (AvgIpc) is 2.51. The third-order valence-electron chi connectivity index (χ3n) is 3.08. The summed E-state index contributed by atoms with van der Waals surface area (Å²) in [6, 6.07) is 5.23. The molecule has 0 spiro atoms. The van der Waals surface area contributed by atoms with Crippen LogP contribution in [0.3, 0.4) is 0 Å². The van der Waals surface area contributed by atoms with E-state index >= 15 is 0 Å². The largest absolute Gasteiger partial charge is 0.493 e. The molecule has 0 saturated heterocycles. The fourth-order valence-corrected chi connectivity index (χ4v) is 1.93. The number of fused-ring (bicyclic) bond motifs is 1. The van der Waals surface area contributed by atoms with E-state index < -0.39 is 19.0 Å². The van der Waals surface area contributed by atoms with Crippen LogP contribution in [0.25, 0.3) is 10.8 Å². The van der Waals surface area contributed by atoms with Crippen molar-refractivity contribution in [3.05, 3.63) is 24.4 Å². The zero-order valence-electron chi connectivity index (χ0n) is 11.8. The number of nitrogens with two attached hydrogens (primary N) is 1. The summed E-state index contributed by atoms with van der Waals surface area (Å²) in [4.78, 5) is 4.09. The number of halogens is 2. The predicted octanol–water partition coefficient (Wildman–Crippen LogP) is 2.26. The highest BCUT2D eigenvalue weighted by molar-refractivity contribution is 5.94. The van der Waals surface area contributed by atoms with Gasteiger partial charge < -0.3 is 20.5 Å². The number of benzene rings is 1. The van der Waals surface area contributed by atoms with Crippen LogP contribution in [0.2, 0.25) is 0 Å². The summed E-state index contributed by atoms with van der Waals surface area (Å²) in [5.74, 6) is -1.57. The second kappa shape index (κ2) is 6.09. The van der Waals surface area contributed by atoms with Crippen LogP contribution in [0.5, 0.6) is 11.5 Å². The van der Waals surface area contributed by atoms with Crippen LogP contribution in [0.4, 0.5) is 14.6 Å². The molecule has 2 rings (SSSR count). The highest BCUT2D eigenvalue weighted by Gasteiger charge is 2.26. The summed E-state index contributed by atoms with van der Waals surface area (Å²) in [5.41, 5.74) is 5.02. The molecule has 0 saturated carbocycles. The maximum Gasteiger partial charge on any atom is 0.276 e. The Balaban J connectivity index is 2.40. The molecule has 0 aliphatic carbocycles. The molecule has 0 aliphatic rings. The van der Waals surface area contributed by atoms with Crippen LogP contribution in [-0.2, 0) is 0 Å². The van der Waals surface area contributed by atoms with Gasteiger partial charge in [-0.15, -0.1) is 0 Å². The first-order valence-electron chi connectivity index (χ1n) is 6.33. The Bertz CT molecular complexity index is 635. The molecule has 1 heterocycles. The molecule has 0 unspecified atom stereocenters. The number of hydrogen-bond donors (Lipinski definition) is 2. The molecule has 1 aromatic carbocycles. The van der Waals surface area contributed by atoms with E-state index in [1.807, 2.05) is 0 Å². The number of alkyl halides is 2. The average molecular weight is 297 g/mol. The Morgan fingerprint density at radius 1 is 1.24 bits per heavy atom. The number of aromatic nitrogens is 1. The minimum atomic E-state index is -2.99. The minimum Gasteiger partial charge on any atom is -0.493 e. The monoisotopic (exact) mass is 297 g/mol. The SMILES string of the molecule is COc1cc2ccnc(NCC(F)(F)CN)c2cc1OC. The van der Waals surface area contributed by atoms with E-state index in [0.29, 0.717) is 22.7 Å². The number of methoxy groups -OCH3 is 2. The Morgan fingerprint density at radius 3 is 2.52 bits per heavy atom. The van der Waals surface area contributed by atoms with Crippen molar-refractivity contribution >= 4 is 16.6 Å². The maximum atomic E-state index is 13.2. The summed E-state index contributed by atoms with van der Waals surface area (Å²) in [7, 11) is 3.04. The first-order valence-corrected chi connectivity index (χ1v) is 6.33. The third-order valence-corrected chi connectivity index (χ3v) is 3.08. The second-order valence-corrected chi connectivity index (χ2v) is 4.50. The standard InChI is InChI=1S/C14H17F2N3O2/c1-20-11-5-9-3-4-18-13(10(9)6-12(11)21-2)19-8-14(15,16)7-17/h3-6H,7-8,17H2,1-2H3,(H,18,19). The van der Waals surface area contributed by atoms with Crippen molar-refractivity contribution in [2.75, 3.05) is 32.6 Å². The molecule has 0 amide bonds. The molecular formula is C14H17F2N3O2. The van der Waals surface area contributed by atoms with Crippen molar-refractivity contribution in [3.63, 3.8) is 0 Å². The Hall–Kier alpha value is -2.15. The van der Waals surface area contributed by atoms with E-state index in [1.54, 1.807) is 18.2 Å². The van der Waals surface area contributed by atoms with E-state index in [9.17, 15) is 8.78 Å². The van der Waals surface area contributed by atoms with E-state index in [4.69, 9.17) is 15.2 Å². The van der Waals surface area contributed by atoms with Gasteiger partial charge in [-0.2, -0.15) is 0 Å². The molecular weight excluding hydrogens is 280 g/mol. The smallest absolute Gasteiger partial charge is 0.276 e. The quantitative estimate of drug-likeness (QED) is 0.856. The van der Waals surface area contributed by atoms with Crippen LogP contribution < -0.4 is 20.5 Å². The maximum absolute atomic E-state index is 13.2. The Kier molecular flexibility index (Phi) is 4.42. The van der Waals surface area contributed by atoms with Crippen molar-refractivity contribution < 1.29 is 18.3 Å². The topological polar surface area (TPSA) is 69.4 Å². The summed E-state index contributed by atoms with van der Waals surface area (Å²) in [6.45, 7) is -1.30. The van der Waals surface area contributed by atoms with Gasteiger partial charge in [-0.3, -0.25) is 0 Å². The van der Waals surface area contributed by atoms with Gasteiger partial charge in [0.25, 0.3) is 5.92 Å². The lowest BCUT2D eigenvalue weighted by Gasteiger charge is -2.16. The van der Waals surface area contributed by atoms with Gasteiger partial charge in [-0.1, -0.05) is 0 Å². The van der Waals surface area contributed by atoms with Gasteiger partial charge in [0.2, 0.25) is 0 Å². The fraction of sp³-hybridized carbons (Fsp3) is 0.357. The van der Waals surface area contributed by atoms with Gasteiger partial charge in [-0.25, -0.2) is 13.8 Å². The number of hydrogen-bond acceptors (Lipinski definition) is 5.